The molecule has 0 saturated carbocycles. The number of fused-ring (bicyclic) bond motifs is 1. The van der Waals surface area contributed by atoms with Crippen LogP contribution < -0.4 is 5.32 Å². The fraction of sp³-hybridized carbons (Fsp3) is 0.692. The highest BCUT2D eigenvalue weighted by Gasteiger charge is 2.54. The molecule has 3 rings (SSSR count). The second-order valence-electron chi connectivity index (χ2n) is 6.23. The first kappa shape index (κ1) is 13.1. The van der Waals surface area contributed by atoms with E-state index in [1.807, 2.05) is 20.9 Å². The van der Waals surface area contributed by atoms with Crippen molar-refractivity contribution in [3.05, 3.63) is 18.5 Å². The molecular weight excluding hydrogens is 262 g/mol. The van der Waals surface area contributed by atoms with Gasteiger partial charge in [-0.3, -0.25) is 0 Å². The predicted molar refractivity (Wildman–Crippen MR) is 73.2 cm³/mol. The Morgan fingerprint density at radius 2 is 2.11 bits per heavy atom. The maximum Gasteiger partial charge on any atom is 0.245 e. The summed E-state index contributed by atoms with van der Waals surface area (Å²) in [5.41, 5.74) is -0.317. The topological polar surface area (TPSA) is 54.3 Å². The van der Waals surface area contributed by atoms with Gasteiger partial charge < -0.3 is 9.88 Å². The summed E-state index contributed by atoms with van der Waals surface area (Å²) in [6.07, 6.45) is 3.45. The first-order valence-corrected chi connectivity index (χ1v) is 8.13. The molecule has 0 radical (unpaired) electrons. The predicted octanol–water partition coefficient (Wildman–Crippen LogP) is 0.644. The third-order valence-electron chi connectivity index (χ3n) is 4.68. The minimum Gasteiger partial charge on any atom is -0.356 e. The van der Waals surface area contributed by atoms with Gasteiger partial charge in [0.05, 0.1) is 4.90 Å². The van der Waals surface area contributed by atoms with Crippen LogP contribution in [0.15, 0.2) is 23.4 Å². The van der Waals surface area contributed by atoms with Crippen LogP contribution in [-0.4, -0.2) is 42.5 Å². The van der Waals surface area contributed by atoms with Crippen LogP contribution >= 0.6 is 0 Å². The Kier molecular flexibility index (Phi) is 2.82. The van der Waals surface area contributed by atoms with Crippen molar-refractivity contribution in [3.63, 3.8) is 0 Å². The summed E-state index contributed by atoms with van der Waals surface area (Å²) in [5, 5.41) is 3.37. The average Bonchev–Trinajstić information content (AvgIpc) is 2.97. The zero-order valence-corrected chi connectivity index (χ0v) is 12.4. The lowest BCUT2D eigenvalue weighted by atomic mass is 9.85. The van der Waals surface area contributed by atoms with Gasteiger partial charge in [0.15, 0.2) is 0 Å². The van der Waals surface area contributed by atoms with Crippen molar-refractivity contribution in [2.75, 3.05) is 19.6 Å². The van der Waals surface area contributed by atoms with Gasteiger partial charge in [0.2, 0.25) is 10.0 Å². The van der Waals surface area contributed by atoms with Gasteiger partial charge in [0.1, 0.15) is 0 Å². The number of rotatable bonds is 2. The van der Waals surface area contributed by atoms with E-state index in [1.54, 1.807) is 27.3 Å². The molecule has 1 N–H and O–H groups in total. The molecule has 2 unspecified atom stereocenters. The number of aromatic nitrogens is 1. The van der Waals surface area contributed by atoms with Crippen molar-refractivity contribution in [2.45, 2.75) is 24.3 Å². The minimum atomic E-state index is -3.38. The number of hydrogen-bond donors (Lipinski definition) is 1. The molecule has 1 aromatic rings. The Morgan fingerprint density at radius 3 is 2.68 bits per heavy atom. The number of nitrogens with one attached hydrogen (secondary N) is 1. The first-order valence-electron chi connectivity index (χ1n) is 6.69. The Bertz CT molecular complexity index is 591. The number of aryl methyl sites for hydroxylation is 1. The molecule has 0 bridgehead atoms. The molecular formula is C13H21N3O2S. The fourth-order valence-corrected chi connectivity index (χ4v) is 5.48. The molecule has 2 saturated heterocycles. The second kappa shape index (κ2) is 4.07. The fourth-order valence-electron chi connectivity index (χ4n) is 3.55. The van der Waals surface area contributed by atoms with Crippen LogP contribution in [0.3, 0.4) is 0 Å². The molecule has 0 spiro atoms. The van der Waals surface area contributed by atoms with E-state index < -0.39 is 10.0 Å². The molecule has 0 amide bonds. The highest BCUT2D eigenvalue weighted by molar-refractivity contribution is 7.89. The third kappa shape index (κ3) is 1.85. The summed E-state index contributed by atoms with van der Waals surface area (Å²) in [6.45, 7) is 6.56. The lowest BCUT2D eigenvalue weighted by Crippen LogP contribution is -2.47. The van der Waals surface area contributed by atoms with Crippen molar-refractivity contribution >= 4 is 10.0 Å². The van der Waals surface area contributed by atoms with E-state index in [0.717, 1.165) is 13.1 Å². The Balaban J connectivity index is 1.98. The number of nitrogens with zero attached hydrogens (tertiary/aromatic N) is 2. The minimum absolute atomic E-state index is 0.317. The molecule has 3 heterocycles. The normalized spacial score (nSPS) is 30.7. The van der Waals surface area contributed by atoms with Gasteiger partial charge in [-0.05, 0) is 38.3 Å². The van der Waals surface area contributed by atoms with E-state index in [2.05, 4.69) is 5.32 Å². The van der Waals surface area contributed by atoms with E-state index in [9.17, 15) is 8.42 Å². The lowest BCUT2D eigenvalue weighted by Gasteiger charge is -2.34. The maximum atomic E-state index is 12.8. The highest BCUT2D eigenvalue weighted by atomic mass is 32.2. The monoisotopic (exact) mass is 283 g/mol. The van der Waals surface area contributed by atoms with Crippen molar-refractivity contribution in [1.29, 1.82) is 0 Å². The second-order valence-corrected chi connectivity index (χ2v) is 8.09. The highest BCUT2D eigenvalue weighted by Crippen LogP contribution is 2.43. The molecule has 19 heavy (non-hydrogen) atoms. The SMILES string of the molecule is Cn1ccc(S(=O)(=O)N2CC3CNCC3C2(C)C)c1. The van der Waals surface area contributed by atoms with Gasteiger partial charge in [-0.1, -0.05) is 0 Å². The molecule has 5 nitrogen and oxygen atoms in total. The largest absolute Gasteiger partial charge is 0.356 e. The van der Waals surface area contributed by atoms with E-state index in [1.165, 1.54) is 0 Å². The van der Waals surface area contributed by atoms with Crippen LogP contribution in [0.25, 0.3) is 0 Å². The summed E-state index contributed by atoms with van der Waals surface area (Å²) in [6, 6.07) is 1.68. The first-order chi connectivity index (χ1) is 8.83. The quantitative estimate of drug-likeness (QED) is 0.867. The van der Waals surface area contributed by atoms with Gasteiger partial charge in [0, 0.05) is 38.1 Å². The van der Waals surface area contributed by atoms with Gasteiger partial charge >= 0.3 is 0 Å². The van der Waals surface area contributed by atoms with E-state index in [4.69, 9.17) is 0 Å². The van der Waals surface area contributed by atoms with Crippen molar-refractivity contribution in [1.82, 2.24) is 14.2 Å². The molecule has 0 aliphatic carbocycles. The van der Waals surface area contributed by atoms with Crippen LogP contribution in [0.5, 0.6) is 0 Å². The molecule has 106 valence electrons. The van der Waals surface area contributed by atoms with Gasteiger partial charge in [-0.15, -0.1) is 0 Å². The Labute approximate surface area is 114 Å². The summed E-state index contributed by atoms with van der Waals surface area (Å²) in [7, 11) is -1.54. The van der Waals surface area contributed by atoms with Crippen LogP contribution in [0.2, 0.25) is 0 Å². The van der Waals surface area contributed by atoms with Gasteiger partial charge in [-0.2, -0.15) is 4.31 Å². The van der Waals surface area contributed by atoms with Crippen molar-refractivity contribution in [3.8, 4) is 0 Å². The number of sulfonamides is 1. The molecule has 6 heteroatoms. The zero-order valence-electron chi connectivity index (χ0n) is 11.6. The summed E-state index contributed by atoms with van der Waals surface area (Å²) >= 11 is 0. The molecule has 0 aromatic carbocycles. The lowest BCUT2D eigenvalue weighted by molar-refractivity contribution is 0.233. The molecule has 1 aromatic heterocycles. The molecule has 2 aliphatic rings. The van der Waals surface area contributed by atoms with Crippen molar-refractivity contribution < 1.29 is 8.42 Å². The van der Waals surface area contributed by atoms with Crippen molar-refractivity contribution in [2.24, 2.45) is 18.9 Å². The van der Waals surface area contributed by atoms with Gasteiger partial charge in [0.25, 0.3) is 0 Å². The zero-order chi connectivity index (χ0) is 13.8. The van der Waals surface area contributed by atoms with Crippen LogP contribution in [-0.2, 0) is 17.1 Å². The summed E-state index contributed by atoms with van der Waals surface area (Å²) in [5.74, 6) is 0.847. The Morgan fingerprint density at radius 1 is 1.37 bits per heavy atom. The smallest absolute Gasteiger partial charge is 0.245 e. The molecule has 2 fully saturated rings. The average molecular weight is 283 g/mol. The number of hydrogen-bond acceptors (Lipinski definition) is 3. The van der Waals surface area contributed by atoms with E-state index >= 15 is 0 Å². The Hall–Kier alpha value is -0.850. The van der Waals surface area contributed by atoms with Gasteiger partial charge in [-0.25, -0.2) is 8.42 Å². The summed E-state index contributed by atoms with van der Waals surface area (Å²) in [4.78, 5) is 0.399. The third-order valence-corrected chi connectivity index (χ3v) is 6.72. The summed E-state index contributed by atoms with van der Waals surface area (Å²) < 4.78 is 29.0. The molecule has 2 aliphatic heterocycles. The van der Waals surface area contributed by atoms with E-state index in [0.29, 0.717) is 23.3 Å². The van der Waals surface area contributed by atoms with E-state index in [-0.39, 0.29) is 5.54 Å². The van der Waals surface area contributed by atoms with Crippen LogP contribution in [0, 0.1) is 11.8 Å². The standard InChI is InChI=1S/C13H21N3O2S/c1-13(2)12-7-14-6-10(12)8-16(13)19(17,18)11-4-5-15(3)9-11/h4-5,9-10,12,14H,6-8H2,1-3H3. The maximum absolute atomic E-state index is 12.8. The van der Waals surface area contributed by atoms with Crippen LogP contribution in [0.4, 0.5) is 0 Å². The van der Waals surface area contributed by atoms with Crippen LogP contribution in [0.1, 0.15) is 13.8 Å². The molecule has 2 atom stereocenters.